The highest BCUT2D eigenvalue weighted by atomic mass is 35.5. The number of anilines is 1. The molecule has 1 amide bonds. The van der Waals surface area contributed by atoms with Crippen LogP contribution in [0, 0.1) is 5.82 Å². The molecule has 0 atom stereocenters. The second kappa shape index (κ2) is 6.18. The Balaban J connectivity index is 2.10. The van der Waals surface area contributed by atoms with Crippen LogP contribution < -0.4 is 11.1 Å². The van der Waals surface area contributed by atoms with E-state index in [0.717, 1.165) is 5.56 Å². The van der Waals surface area contributed by atoms with Crippen molar-refractivity contribution in [3.05, 3.63) is 52.6 Å². The highest BCUT2D eigenvalue weighted by Crippen LogP contribution is 2.18. The number of carbonyl (C=O) groups is 1. The smallest absolute Gasteiger partial charge is 0.268 e. The number of aromatic nitrogens is 1. The number of halogens is 2. The second-order valence-corrected chi connectivity index (χ2v) is 5.50. The summed E-state index contributed by atoms with van der Waals surface area (Å²) in [5.74, 6) is -0.714. The SMILES string of the molecule is CC(C)n1cc(N)cc1C(=O)NCc1ccc(F)c(Cl)c1. The molecule has 2 aromatic rings. The molecule has 4 nitrogen and oxygen atoms in total. The molecule has 0 aliphatic rings. The summed E-state index contributed by atoms with van der Waals surface area (Å²) < 4.78 is 14.9. The number of amides is 1. The Morgan fingerprint density at radius 2 is 2.14 bits per heavy atom. The summed E-state index contributed by atoms with van der Waals surface area (Å²) >= 11 is 5.71. The van der Waals surface area contributed by atoms with Crippen LogP contribution in [0.2, 0.25) is 5.02 Å². The van der Waals surface area contributed by atoms with Crippen LogP contribution in [0.25, 0.3) is 0 Å². The van der Waals surface area contributed by atoms with Crippen LogP contribution in [-0.2, 0) is 6.54 Å². The van der Waals surface area contributed by atoms with E-state index in [2.05, 4.69) is 5.32 Å². The molecule has 0 spiro atoms. The largest absolute Gasteiger partial charge is 0.397 e. The van der Waals surface area contributed by atoms with Gasteiger partial charge >= 0.3 is 0 Å². The predicted octanol–water partition coefficient (Wildman–Crippen LogP) is 3.37. The van der Waals surface area contributed by atoms with Crippen molar-refractivity contribution in [2.45, 2.75) is 26.4 Å². The molecular weight excluding hydrogens is 293 g/mol. The Bertz CT molecular complexity index is 667. The van der Waals surface area contributed by atoms with Gasteiger partial charge in [-0.2, -0.15) is 0 Å². The van der Waals surface area contributed by atoms with Crippen LogP contribution >= 0.6 is 11.6 Å². The molecule has 3 N–H and O–H groups in total. The first-order chi connectivity index (χ1) is 9.88. The number of nitrogens with two attached hydrogens (primary N) is 1. The molecule has 112 valence electrons. The zero-order valence-corrected chi connectivity index (χ0v) is 12.6. The zero-order chi connectivity index (χ0) is 15.6. The lowest BCUT2D eigenvalue weighted by Gasteiger charge is -2.12. The van der Waals surface area contributed by atoms with E-state index in [4.69, 9.17) is 17.3 Å². The lowest BCUT2D eigenvalue weighted by molar-refractivity contribution is 0.0940. The molecule has 0 saturated heterocycles. The number of nitrogen functional groups attached to an aromatic ring is 1. The number of rotatable bonds is 4. The fourth-order valence-corrected chi connectivity index (χ4v) is 2.24. The summed E-state index contributed by atoms with van der Waals surface area (Å²) in [5, 5.41) is 2.81. The van der Waals surface area contributed by atoms with E-state index < -0.39 is 5.82 Å². The van der Waals surface area contributed by atoms with Crippen LogP contribution in [0.5, 0.6) is 0 Å². The van der Waals surface area contributed by atoms with Crippen LogP contribution in [0.4, 0.5) is 10.1 Å². The molecule has 0 fully saturated rings. The van der Waals surface area contributed by atoms with Gasteiger partial charge in [0.25, 0.3) is 5.91 Å². The number of hydrogen-bond acceptors (Lipinski definition) is 2. The Morgan fingerprint density at radius 1 is 1.43 bits per heavy atom. The monoisotopic (exact) mass is 309 g/mol. The molecule has 1 aromatic carbocycles. The van der Waals surface area contributed by atoms with Crippen molar-refractivity contribution in [2.75, 3.05) is 5.73 Å². The molecule has 1 heterocycles. The first kappa shape index (κ1) is 15.4. The molecule has 0 unspecified atom stereocenters. The first-order valence-electron chi connectivity index (χ1n) is 6.58. The van der Waals surface area contributed by atoms with Crippen molar-refractivity contribution >= 4 is 23.2 Å². The third-order valence-electron chi connectivity index (χ3n) is 3.10. The normalized spacial score (nSPS) is 10.9. The third-order valence-corrected chi connectivity index (χ3v) is 3.39. The quantitative estimate of drug-likeness (QED) is 0.909. The molecule has 0 aliphatic carbocycles. The van der Waals surface area contributed by atoms with Gasteiger partial charge < -0.3 is 15.6 Å². The molecule has 2 rings (SSSR count). The van der Waals surface area contributed by atoms with Crippen molar-refractivity contribution in [3.63, 3.8) is 0 Å². The standard InChI is InChI=1S/C15H17ClFN3O/c1-9(2)20-8-11(18)6-14(20)15(21)19-7-10-3-4-13(17)12(16)5-10/h3-6,8-9H,7,18H2,1-2H3,(H,19,21). The molecule has 1 aromatic heterocycles. The van der Waals surface area contributed by atoms with Crippen LogP contribution in [0.3, 0.4) is 0 Å². The lowest BCUT2D eigenvalue weighted by atomic mass is 10.2. The molecule has 0 saturated carbocycles. The van der Waals surface area contributed by atoms with E-state index in [-0.39, 0.29) is 23.5 Å². The molecule has 0 aliphatic heterocycles. The minimum atomic E-state index is -0.479. The predicted molar refractivity (Wildman–Crippen MR) is 81.8 cm³/mol. The average molecular weight is 310 g/mol. The van der Waals surface area contributed by atoms with Crippen molar-refractivity contribution in [1.82, 2.24) is 9.88 Å². The molecule has 0 bridgehead atoms. The topological polar surface area (TPSA) is 60.0 Å². The second-order valence-electron chi connectivity index (χ2n) is 5.09. The van der Waals surface area contributed by atoms with E-state index in [0.29, 0.717) is 11.4 Å². The Morgan fingerprint density at radius 3 is 2.76 bits per heavy atom. The van der Waals surface area contributed by atoms with Gasteiger partial charge in [-0.15, -0.1) is 0 Å². The number of nitrogens with one attached hydrogen (secondary N) is 1. The number of hydrogen-bond donors (Lipinski definition) is 2. The van der Waals surface area contributed by atoms with Crippen LogP contribution in [0.15, 0.2) is 30.5 Å². The van der Waals surface area contributed by atoms with Gasteiger partial charge in [0.2, 0.25) is 0 Å². The summed E-state index contributed by atoms with van der Waals surface area (Å²) in [4.78, 5) is 12.2. The lowest BCUT2D eigenvalue weighted by Crippen LogP contribution is -2.25. The first-order valence-corrected chi connectivity index (χ1v) is 6.95. The van der Waals surface area contributed by atoms with Crippen molar-refractivity contribution in [1.29, 1.82) is 0 Å². The van der Waals surface area contributed by atoms with Crippen molar-refractivity contribution in [3.8, 4) is 0 Å². The average Bonchev–Trinajstić information content (AvgIpc) is 2.82. The highest BCUT2D eigenvalue weighted by molar-refractivity contribution is 6.30. The number of benzene rings is 1. The maximum Gasteiger partial charge on any atom is 0.268 e. The number of nitrogens with zero attached hydrogens (tertiary/aromatic N) is 1. The Labute approximate surface area is 127 Å². The fraction of sp³-hybridized carbons (Fsp3) is 0.267. The van der Waals surface area contributed by atoms with Gasteiger partial charge in [0.1, 0.15) is 11.5 Å². The Hall–Kier alpha value is -2.01. The Kier molecular flexibility index (Phi) is 4.53. The highest BCUT2D eigenvalue weighted by Gasteiger charge is 2.14. The van der Waals surface area contributed by atoms with E-state index >= 15 is 0 Å². The zero-order valence-electron chi connectivity index (χ0n) is 11.9. The fourth-order valence-electron chi connectivity index (χ4n) is 2.03. The maximum absolute atomic E-state index is 13.1. The third kappa shape index (κ3) is 3.55. The van der Waals surface area contributed by atoms with Gasteiger partial charge in [-0.3, -0.25) is 4.79 Å². The summed E-state index contributed by atoms with van der Waals surface area (Å²) in [6.07, 6.45) is 1.73. The van der Waals surface area contributed by atoms with Gasteiger partial charge in [0.15, 0.2) is 0 Å². The summed E-state index contributed by atoms with van der Waals surface area (Å²) in [7, 11) is 0. The molecule has 21 heavy (non-hydrogen) atoms. The maximum atomic E-state index is 13.1. The van der Waals surface area contributed by atoms with E-state index in [1.165, 1.54) is 12.1 Å². The van der Waals surface area contributed by atoms with Gasteiger partial charge in [0.05, 0.1) is 10.7 Å². The minimum absolute atomic E-state index is 0.0385. The van der Waals surface area contributed by atoms with E-state index in [9.17, 15) is 9.18 Å². The molecular formula is C15H17ClFN3O. The van der Waals surface area contributed by atoms with Crippen LogP contribution in [-0.4, -0.2) is 10.5 Å². The van der Waals surface area contributed by atoms with Crippen molar-refractivity contribution in [2.24, 2.45) is 0 Å². The minimum Gasteiger partial charge on any atom is -0.397 e. The van der Waals surface area contributed by atoms with Crippen molar-refractivity contribution < 1.29 is 9.18 Å². The molecule has 6 heteroatoms. The van der Waals surface area contributed by atoms with E-state index in [1.54, 1.807) is 18.3 Å². The van der Waals surface area contributed by atoms with Gasteiger partial charge in [-0.25, -0.2) is 4.39 Å². The number of carbonyl (C=O) groups excluding carboxylic acids is 1. The van der Waals surface area contributed by atoms with Gasteiger partial charge in [-0.05, 0) is 37.6 Å². The summed E-state index contributed by atoms with van der Waals surface area (Å²) in [6.45, 7) is 4.20. The van der Waals surface area contributed by atoms with E-state index in [1.807, 2.05) is 18.4 Å². The summed E-state index contributed by atoms with van der Waals surface area (Å²) in [6, 6.07) is 6.11. The summed E-state index contributed by atoms with van der Waals surface area (Å²) in [5.41, 5.74) is 7.50. The van der Waals surface area contributed by atoms with Gasteiger partial charge in [-0.1, -0.05) is 17.7 Å². The van der Waals surface area contributed by atoms with Gasteiger partial charge in [0, 0.05) is 18.8 Å². The molecule has 0 radical (unpaired) electrons. The van der Waals surface area contributed by atoms with Crippen LogP contribution in [0.1, 0.15) is 35.9 Å².